The SMILES string of the molecule is NC(=O)c1cnc(NC2CCN(C(=O)OC3C4CC5CC3CC(O)(C5)C4)C2)nc1. The standard InChI is InChI=1S/C20H27N5O4/c21-17(26)14-8-22-18(23-9-14)24-15-1-2-25(10-15)19(27)29-16-12-3-11-4-13(16)7-20(28,5-11)6-12/h8-9,11-13,15-16,28H,1-7,10H2,(H2,21,26)(H,22,23,24). The number of primary amides is 1. The molecular formula is C20H27N5O4. The monoisotopic (exact) mass is 401 g/mol. The van der Waals surface area contributed by atoms with Crippen molar-refractivity contribution in [3.05, 3.63) is 18.0 Å². The molecule has 4 saturated carbocycles. The molecule has 9 heteroatoms. The molecule has 1 saturated heterocycles. The van der Waals surface area contributed by atoms with Crippen molar-refractivity contribution in [3.63, 3.8) is 0 Å². The number of aromatic nitrogens is 2. The summed E-state index contributed by atoms with van der Waals surface area (Å²) in [6, 6.07) is 0.0289. The summed E-state index contributed by atoms with van der Waals surface area (Å²) in [6.45, 7) is 1.14. The molecule has 9 nitrogen and oxygen atoms in total. The Morgan fingerprint density at radius 1 is 1.21 bits per heavy atom. The molecule has 3 atom stereocenters. The lowest BCUT2D eigenvalue weighted by Gasteiger charge is -2.57. The van der Waals surface area contributed by atoms with Gasteiger partial charge >= 0.3 is 6.09 Å². The number of hydrogen-bond donors (Lipinski definition) is 3. The van der Waals surface area contributed by atoms with E-state index in [1.165, 1.54) is 12.4 Å². The molecule has 0 aromatic carbocycles. The van der Waals surface area contributed by atoms with Crippen LogP contribution in [0.3, 0.4) is 0 Å². The second-order valence-corrected chi connectivity index (χ2v) is 9.28. The van der Waals surface area contributed by atoms with E-state index >= 15 is 0 Å². The highest BCUT2D eigenvalue weighted by molar-refractivity contribution is 5.92. The zero-order chi connectivity index (χ0) is 20.2. The van der Waals surface area contributed by atoms with E-state index < -0.39 is 11.5 Å². The molecule has 3 unspecified atom stereocenters. The van der Waals surface area contributed by atoms with Gasteiger partial charge in [-0.1, -0.05) is 0 Å². The number of nitrogens with zero attached hydrogens (tertiary/aromatic N) is 3. The van der Waals surface area contributed by atoms with Gasteiger partial charge in [-0.05, 0) is 56.3 Å². The van der Waals surface area contributed by atoms with Crippen molar-refractivity contribution in [2.24, 2.45) is 23.5 Å². The molecule has 1 aliphatic heterocycles. The molecule has 4 N–H and O–H groups in total. The Morgan fingerprint density at radius 2 is 1.90 bits per heavy atom. The van der Waals surface area contributed by atoms with E-state index in [1.807, 2.05) is 0 Å². The Bertz CT molecular complexity index is 800. The predicted octanol–water partition coefficient (Wildman–Crippen LogP) is 1.14. The van der Waals surface area contributed by atoms with Crippen molar-refractivity contribution in [1.29, 1.82) is 0 Å². The first-order chi connectivity index (χ1) is 13.9. The van der Waals surface area contributed by atoms with Crippen molar-refractivity contribution >= 4 is 17.9 Å². The highest BCUT2D eigenvalue weighted by Gasteiger charge is 2.56. The number of hydrogen-bond acceptors (Lipinski definition) is 7. The Kier molecular flexibility index (Phi) is 4.38. The molecule has 156 valence electrons. The van der Waals surface area contributed by atoms with Gasteiger partial charge in [-0.2, -0.15) is 0 Å². The molecule has 1 aromatic rings. The average Bonchev–Trinajstić information content (AvgIpc) is 3.12. The third-order valence-electron chi connectivity index (χ3n) is 7.11. The number of likely N-dealkylation sites (tertiary alicyclic amines) is 1. The molecule has 6 rings (SSSR count). The van der Waals surface area contributed by atoms with Crippen LogP contribution in [0.4, 0.5) is 10.7 Å². The van der Waals surface area contributed by atoms with Crippen molar-refractivity contribution < 1.29 is 19.4 Å². The number of carbonyl (C=O) groups excluding carboxylic acids is 2. The smallest absolute Gasteiger partial charge is 0.410 e. The molecule has 1 aromatic heterocycles. The van der Waals surface area contributed by atoms with Crippen LogP contribution in [0, 0.1) is 17.8 Å². The maximum Gasteiger partial charge on any atom is 0.410 e. The van der Waals surface area contributed by atoms with E-state index in [9.17, 15) is 14.7 Å². The van der Waals surface area contributed by atoms with Crippen LogP contribution in [-0.2, 0) is 4.74 Å². The molecule has 0 spiro atoms. The van der Waals surface area contributed by atoms with Crippen molar-refractivity contribution in [3.8, 4) is 0 Å². The lowest BCUT2D eigenvalue weighted by atomic mass is 9.53. The second kappa shape index (κ2) is 6.83. The molecular weight excluding hydrogens is 374 g/mol. The van der Waals surface area contributed by atoms with Crippen molar-refractivity contribution in [2.75, 3.05) is 18.4 Å². The van der Waals surface area contributed by atoms with E-state index in [1.54, 1.807) is 4.90 Å². The number of nitrogens with two attached hydrogens (primary N) is 1. The minimum Gasteiger partial charge on any atom is -0.446 e. The third-order valence-corrected chi connectivity index (χ3v) is 7.11. The average molecular weight is 401 g/mol. The Hall–Kier alpha value is -2.42. The minimum atomic E-state index is -0.566. The second-order valence-electron chi connectivity index (χ2n) is 9.28. The Balaban J connectivity index is 1.16. The highest BCUT2D eigenvalue weighted by atomic mass is 16.6. The fourth-order valence-corrected chi connectivity index (χ4v) is 6.07. The zero-order valence-corrected chi connectivity index (χ0v) is 16.3. The van der Waals surface area contributed by atoms with Crippen LogP contribution in [0.5, 0.6) is 0 Å². The van der Waals surface area contributed by atoms with Crippen LogP contribution in [-0.4, -0.2) is 62.8 Å². The molecule has 2 amide bonds. The summed E-state index contributed by atoms with van der Waals surface area (Å²) in [6.07, 6.45) is 7.82. The zero-order valence-electron chi connectivity index (χ0n) is 16.3. The van der Waals surface area contributed by atoms with Gasteiger partial charge in [0, 0.05) is 31.5 Å². The summed E-state index contributed by atoms with van der Waals surface area (Å²) in [5.41, 5.74) is 4.93. The van der Waals surface area contributed by atoms with Gasteiger partial charge in [-0.25, -0.2) is 14.8 Å². The summed E-state index contributed by atoms with van der Waals surface area (Å²) < 4.78 is 5.96. The fraction of sp³-hybridized carbons (Fsp3) is 0.700. The molecule has 0 radical (unpaired) electrons. The molecule has 5 aliphatic rings. The number of anilines is 1. The first-order valence-electron chi connectivity index (χ1n) is 10.4. The van der Waals surface area contributed by atoms with E-state index in [-0.39, 0.29) is 23.8 Å². The fourth-order valence-electron chi connectivity index (χ4n) is 6.07. The Labute approximate surface area is 169 Å². The largest absolute Gasteiger partial charge is 0.446 e. The number of nitrogens with one attached hydrogen (secondary N) is 1. The number of rotatable bonds is 4. The van der Waals surface area contributed by atoms with Crippen molar-refractivity contribution in [1.82, 2.24) is 14.9 Å². The predicted molar refractivity (Wildman–Crippen MR) is 103 cm³/mol. The summed E-state index contributed by atoms with van der Waals surface area (Å²) in [5, 5.41) is 13.9. The van der Waals surface area contributed by atoms with Gasteiger partial charge in [0.1, 0.15) is 6.10 Å². The molecule has 4 bridgehead atoms. The molecule has 29 heavy (non-hydrogen) atoms. The van der Waals surface area contributed by atoms with Gasteiger partial charge in [0.25, 0.3) is 5.91 Å². The van der Waals surface area contributed by atoms with Gasteiger partial charge in [-0.15, -0.1) is 0 Å². The quantitative estimate of drug-likeness (QED) is 0.689. The van der Waals surface area contributed by atoms with Crippen LogP contribution in [0.15, 0.2) is 12.4 Å². The maximum atomic E-state index is 12.8. The summed E-state index contributed by atoms with van der Waals surface area (Å²) in [4.78, 5) is 33.8. The normalized spacial score (nSPS) is 37.6. The lowest BCUT2D eigenvalue weighted by molar-refractivity contribution is -0.177. The van der Waals surface area contributed by atoms with Crippen LogP contribution >= 0.6 is 0 Å². The van der Waals surface area contributed by atoms with Gasteiger partial charge in [0.15, 0.2) is 0 Å². The van der Waals surface area contributed by atoms with Crippen LogP contribution in [0.2, 0.25) is 0 Å². The lowest BCUT2D eigenvalue weighted by Crippen LogP contribution is -2.58. The number of ether oxygens (including phenoxy) is 1. The molecule has 2 heterocycles. The number of carbonyl (C=O) groups is 2. The van der Waals surface area contributed by atoms with Crippen LogP contribution in [0.25, 0.3) is 0 Å². The first kappa shape index (κ1) is 18.6. The van der Waals surface area contributed by atoms with Crippen molar-refractivity contribution in [2.45, 2.75) is 56.3 Å². The van der Waals surface area contributed by atoms with Crippen LogP contribution < -0.4 is 11.1 Å². The topological polar surface area (TPSA) is 131 Å². The highest BCUT2D eigenvalue weighted by Crippen LogP contribution is 2.56. The summed E-state index contributed by atoms with van der Waals surface area (Å²) in [7, 11) is 0. The van der Waals surface area contributed by atoms with Gasteiger partial charge in [0.2, 0.25) is 5.95 Å². The van der Waals surface area contributed by atoms with Crippen LogP contribution in [0.1, 0.15) is 48.9 Å². The number of amides is 2. The Morgan fingerprint density at radius 3 is 2.52 bits per heavy atom. The van der Waals surface area contributed by atoms with Gasteiger partial charge < -0.3 is 25.8 Å². The summed E-state index contributed by atoms with van der Waals surface area (Å²) in [5.74, 6) is 1.02. The third kappa shape index (κ3) is 3.52. The summed E-state index contributed by atoms with van der Waals surface area (Å²) >= 11 is 0. The van der Waals surface area contributed by atoms with E-state index in [2.05, 4.69) is 15.3 Å². The maximum absolute atomic E-state index is 12.8. The minimum absolute atomic E-state index is 0.0289. The molecule has 4 aliphatic carbocycles. The molecule has 5 fully saturated rings. The van der Waals surface area contributed by atoms with Gasteiger partial charge in [0.05, 0.1) is 11.2 Å². The first-order valence-corrected chi connectivity index (χ1v) is 10.4. The van der Waals surface area contributed by atoms with Gasteiger partial charge in [-0.3, -0.25) is 4.79 Å². The number of aliphatic hydroxyl groups is 1. The van der Waals surface area contributed by atoms with E-state index in [0.29, 0.717) is 36.8 Å². The van der Waals surface area contributed by atoms with E-state index in [0.717, 1.165) is 38.5 Å². The van der Waals surface area contributed by atoms with E-state index in [4.69, 9.17) is 10.5 Å².